The molecular weight excluding hydrogens is 198 g/mol. The highest BCUT2D eigenvalue weighted by Crippen LogP contribution is 2.25. The predicted octanol–water partition coefficient (Wildman–Crippen LogP) is 2.99. The van der Waals surface area contributed by atoms with Gasteiger partial charge in [-0.05, 0) is 31.4 Å². The molecule has 0 heterocycles. The van der Waals surface area contributed by atoms with Crippen LogP contribution in [0.25, 0.3) is 0 Å². The minimum absolute atomic E-state index is 0.190. The number of ether oxygens (including phenoxy) is 1. The van der Waals surface area contributed by atoms with Crippen molar-refractivity contribution in [1.82, 2.24) is 0 Å². The van der Waals surface area contributed by atoms with Crippen LogP contribution in [0.2, 0.25) is 0 Å². The number of benzene rings is 1. The van der Waals surface area contributed by atoms with E-state index in [0.717, 1.165) is 25.0 Å². The zero-order valence-corrected chi connectivity index (χ0v) is 9.78. The summed E-state index contributed by atoms with van der Waals surface area (Å²) >= 11 is 0. The Morgan fingerprint density at radius 2 is 2.06 bits per heavy atom. The normalized spacial score (nSPS) is 25.0. The Bertz CT molecular complexity index is 368. The lowest BCUT2D eigenvalue weighted by Crippen LogP contribution is -2.36. The maximum absolute atomic E-state index is 6.08. The molecule has 0 aliphatic heterocycles. The van der Waals surface area contributed by atoms with Gasteiger partial charge in [0, 0.05) is 12.0 Å². The van der Waals surface area contributed by atoms with Crippen molar-refractivity contribution in [1.29, 1.82) is 0 Å². The third kappa shape index (κ3) is 3.11. The second-order valence-corrected chi connectivity index (χ2v) is 4.74. The fraction of sp³-hybridized carbons (Fsp3) is 0.429. The number of hydrogen-bond donors (Lipinski definition) is 1. The first-order valence-corrected chi connectivity index (χ1v) is 5.83. The molecule has 0 bridgehead atoms. The molecule has 0 amide bonds. The summed E-state index contributed by atoms with van der Waals surface area (Å²) in [5.41, 5.74) is 7.09. The van der Waals surface area contributed by atoms with Gasteiger partial charge in [0.25, 0.3) is 0 Å². The van der Waals surface area contributed by atoms with Gasteiger partial charge in [0.1, 0.15) is 6.61 Å². The van der Waals surface area contributed by atoms with E-state index in [1.54, 1.807) is 0 Å². The van der Waals surface area contributed by atoms with E-state index in [2.05, 4.69) is 25.1 Å². The SMILES string of the molecule is CC1(N)C=C(OCc2ccccc2)CCC1. The van der Waals surface area contributed by atoms with Gasteiger partial charge in [-0.1, -0.05) is 30.3 Å². The summed E-state index contributed by atoms with van der Waals surface area (Å²) in [5.74, 6) is 1.04. The molecule has 1 aromatic rings. The molecule has 2 rings (SSSR count). The van der Waals surface area contributed by atoms with Crippen LogP contribution in [-0.4, -0.2) is 5.54 Å². The largest absolute Gasteiger partial charge is 0.494 e. The highest BCUT2D eigenvalue weighted by Gasteiger charge is 2.21. The molecule has 1 aliphatic carbocycles. The van der Waals surface area contributed by atoms with E-state index in [-0.39, 0.29) is 5.54 Å². The Kier molecular flexibility index (Phi) is 3.30. The van der Waals surface area contributed by atoms with Crippen molar-refractivity contribution in [3.8, 4) is 0 Å². The Hall–Kier alpha value is -1.28. The number of hydrogen-bond acceptors (Lipinski definition) is 2. The highest BCUT2D eigenvalue weighted by molar-refractivity contribution is 5.15. The van der Waals surface area contributed by atoms with Crippen molar-refractivity contribution >= 4 is 0 Å². The first kappa shape index (κ1) is 11.2. The second-order valence-electron chi connectivity index (χ2n) is 4.74. The summed E-state index contributed by atoms with van der Waals surface area (Å²) in [6.07, 6.45) is 5.25. The van der Waals surface area contributed by atoms with Crippen molar-refractivity contribution in [3.05, 3.63) is 47.7 Å². The van der Waals surface area contributed by atoms with E-state index in [1.807, 2.05) is 18.2 Å². The van der Waals surface area contributed by atoms with Gasteiger partial charge in [-0.25, -0.2) is 0 Å². The van der Waals surface area contributed by atoms with E-state index in [1.165, 1.54) is 5.56 Å². The highest BCUT2D eigenvalue weighted by atomic mass is 16.5. The van der Waals surface area contributed by atoms with Crippen molar-refractivity contribution in [2.45, 2.75) is 38.3 Å². The zero-order chi connectivity index (χ0) is 11.4. The van der Waals surface area contributed by atoms with Crippen molar-refractivity contribution in [2.75, 3.05) is 0 Å². The van der Waals surface area contributed by atoms with Crippen LogP contribution in [0.4, 0.5) is 0 Å². The van der Waals surface area contributed by atoms with Crippen LogP contribution in [-0.2, 0) is 11.3 Å². The molecule has 2 nitrogen and oxygen atoms in total. The average molecular weight is 217 g/mol. The molecule has 0 fully saturated rings. The Morgan fingerprint density at radius 1 is 1.31 bits per heavy atom. The molecular formula is C14H19NO. The lowest BCUT2D eigenvalue weighted by molar-refractivity contribution is 0.176. The lowest BCUT2D eigenvalue weighted by atomic mass is 9.90. The number of allylic oxidation sites excluding steroid dienone is 1. The smallest absolute Gasteiger partial charge is 0.113 e. The fourth-order valence-corrected chi connectivity index (χ4v) is 2.02. The predicted molar refractivity (Wildman–Crippen MR) is 65.8 cm³/mol. The van der Waals surface area contributed by atoms with E-state index in [4.69, 9.17) is 10.5 Å². The molecule has 1 atom stereocenters. The standard InChI is InChI=1S/C14H19NO/c1-14(15)9-5-8-13(10-14)16-11-12-6-3-2-4-7-12/h2-4,6-7,10H,5,8-9,11,15H2,1H3. The molecule has 2 N–H and O–H groups in total. The van der Waals surface area contributed by atoms with Crippen LogP contribution < -0.4 is 5.73 Å². The van der Waals surface area contributed by atoms with Gasteiger partial charge in [0.05, 0.1) is 5.76 Å². The van der Waals surface area contributed by atoms with Crippen LogP contribution in [0.1, 0.15) is 31.7 Å². The van der Waals surface area contributed by atoms with Gasteiger partial charge < -0.3 is 10.5 Å². The van der Waals surface area contributed by atoms with Crippen molar-refractivity contribution in [3.63, 3.8) is 0 Å². The quantitative estimate of drug-likeness (QED) is 0.844. The van der Waals surface area contributed by atoms with E-state index in [0.29, 0.717) is 6.61 Å². The van der Waals surface area contributed by atoms with E-state index >= 15 is 0 Å². The molecule has 86 valence electrons. The molecule has 0 radical (unpaired) electrons. The third-order valence-corrected chi connectivity index (χ3v) is 2.90. The van der Waals surface area contributed by atoms with E-state index in [9.17, 15) is 0 Å². The van der Waals surface area contributed by atoms with Crippen LogP contribution in [0.5, 0.6) is 0 Å². The average Bonchev–Trinajstić information content (AvgIpc) is 2.27. The molecule has 2 heteroatoms. The Balaban J connectivity index is 1.94. The molecule has 1 aromatic carbocycles. The lowest BCUT2D eigenvalue weighted by Gasteiger charge is -2.27. The van der Waals surface area contributed by atoms with Crippen molar-refractivity contribution in [2.24, 2.45) is 5.73 Å². The monoisotopic (exact) mass is 217 g/mol. The topological polar surface area (TPSA) is 35.2 Å². The Morgan fingerprint density at radius 3 is 2.75 bits per heavy atom. The third-order valence-electron chi connectivity index (χ3n) is 2.90. The van der Waals surface area contributed by atoms with Crippen molar-refractivity contribution < 1.29 is 4.74 Å². The first-order valence-electron chi connectivity index (χ1n) is 5.83. The fourth-order valence-electron chi connectivity index (χ4n) is 2.02. The van der Waals surface area contributed by atoms with Crippen LogP contribution in [0.3, 0.4) is 0 Å². The molecule has 1 unspecified atom stereocenters. The minimum atomic E-state index is -0.190. The zero-order valence-electron chi connectivity index (χ0n) is 9.78. The van der Waals surface area contributed by atoms with Gasteiger partial charge in [0.15, 0.2) is 0 Å². The van der Waals surface area contributed by atoms with Crippen LogP contribution >= 0.6 is 0 Å². The van der Waals surface area contributed by atoms with Crippen LogP contribution in [0, 0.1) is 0 Å². The summed E-state index contributed by atoms with van der Waals surface area (Å²) in [7, 11) is 0. The molecule has 0 saturated heterocycles. The number of rotatable bonds is 3. The molecule has 0 saturated carbocycles. The summed E-state index contributed by atoms with van der Waals surface area (Å²) < 4.78 is 5.79. The number of nitrogens with two attached hydrogens (primary N) is 1. The van der Waals surface area contributed by atoms with Gasteiger partial charge in [0.2, 0.25) is 0 Å². The van der Waals surface area contributed by atoms with Gasteiger partial charge in [-0.15, -0.1) is 0 Å². The van der Waals surface area contributed by atoms with Gasteiger partial charge in [-0.2, -0.15) is 0 Å². The summed E-state index contributed by atoms with van der Waals surface area (Å²) in [6.45, 7) is 2.70. The van der Waals surface area contributed by atoms with Gasteiger partial charge >= 0.3 is 0 Å². The maximum atomic E-state index is 6.08. The molecule has 0 spiro atoms. The summed E-state index contributed by atoms with van der Waals surface area (Å²) in [5, 5.41) is 0. The molecule has 0 aromatic heterocycles. The van der Waals surface area contributed by atoms with Crippen LogP contribution in [0.15, 0.2) is 42.2 Å². The molecule has 16 heavy (non-hydrogen) atoms. The molecule has 1 aliphatic rings. The van der Waals surface area contributed by atoms with E-state index < -0.39 is 0 Å². The van der Waals surface area contributed by atoms with Gasteiger partial charge in [-0.3, -0.25) is 0 Å². The first-order chi connectivity index (χ1) is 7.66. The Labute approximate surface area is 97.1 Å². The summed E-state index contributed by atoms with van der Waals surface area (Å²) in [6, 6.07) is 10.2. The summed E-state index contributed by atoms with van der Waals surface area (Å²) in [4.78, 5) is 0. The second kappa shape index (κ2) is 4.71. The minimum Gasteiger partial charge on any atom is -0.494 e. The maximum Gasteiger partial charge on any atom is 0.113 e.